The lowest BCUT2D eigenvalue weighted by atomic mass is 9.96. The molecule has 1 heterocycles. The normalized spacial score (nSPS) is 17.5. The largest absolute Gasteiger partial charge is 0.496 e. The van der Waals surface area contributed by atoms with E-state index >= 15 is 0 Å². The predicted molar refractivity (Wildman–Crippen MR) is 67.2 cm³/mol. The molecule has 1 aliphatic heterocycles. The number of carbonyl (C=O) groups is 1. The van der Waals surface area contributed by atoms with E-state index in [1.165, 1.54) is 0 Å². The molecule has 1 N–H and O–H groups in total. The summed E-state index contributed by atoms with van der Waals surface area (Å²) in [5.74, 6) is 0.622. The highest BCUT2D eigenvalue weighted by molar-refractivity contribution is 9.10. The van der Waals surface area contributed by atoms with E-state index in [4.69, 9.17) is 4.74 Å². The van der Waals surface area contributed by atoms with E-state index in [0.717, 1.165) is 4.47 Å². The van der Waals surface area contributed by atoms with Crippen molar-refractivity contribution in [2.45, 2.75) is 12.5 Å². The van der Waals surface area contributed by atoms with Crippen LogP contribution in [0.5, 0.6) is 5.75 Å². The number of benzene rings is 1. The molecule has 92 valence electrons. The van der Waals surface area contributed by atoms with Gasteiger partial charge in [-0.25, -0.2) is 0 Å². The third-order valence-electron chi connectivity index (χ3n) is 2.75. The number of hydrogen-bond acceptors (Lipinski definition) is 3. The van der Waals surface area contributed by atoms with Crippen LogP contribution in [-0.4, -0.2) is 41.7 Å². The fourth-order valence-corrected chi connectivity index (χ4v) is 2.44. The maximum Gasteiger partial charge on any atom is 0.254 e. The van der Waals surface area contributed by atoms with E-state index in [9.17, 15) is 9.90 Å². The molecule has 1 amide bonds. The first-order chi connectivity index (χ1) is 7.93. The molecule has 1 saturated heterocycles. The van der Waals surface area contributed by atoms with Crippen LogP contribution in [-0.2, 0) is 0 Å². The number of aliphatic hydroxyl groups is 1. The summed E-state index contributed by atoms with van der Waals surface area (Å²) < 4.78 is 5.85. The van der Waals surface area contributed by atoms with Crippen LogP contribution in [0.25, 0.3) is 0 Å². The second-order valence-electron chi connectivity index (χ2n) is 4.51. The highest BCUT2D eigenvalue weighted by Crippen LogP contribution is 2.28. The lowest BCUT2D eigenvalue weighted by Crippen LogP contribution is -2.61. The fraction of sp³-hybridized carbons (Fsp3) is 0.417. The van der Waals surface area contributed by atoms with Gasteiger partial charge in [-0.05, 0) is 41.1 Å². The van der Waals surface area contributed by atoms with Crippen molar-refractivity contribution in [2.75, 3.05) is 20.2 Å². The zero-order valence-corrected chi connectivity index (χ0v) is 11.3. The minimum absolute atomic E-state index is 0.0696. The minimum Gasteiger partial charge on any atom is -0.496 e. The Morgan fingerprint density at radius 1 is 1.53 bits per heavy atom. The molecule has 1 aromatic rings. The first-order valence-corrected chi connectivity index (χ1v) is 6.07. The van der Waals surface area contributed by atoms with Crippen LogP contribution >= 0.6 is 15.9 Å². The van der Waals surface area contributed by atoms with Crippen molar-refractivity contribution in [1.29, 1.82) is 0 Å². The zero-order valence-electron chi connectivity index (χ0n) is 9.74. The van der Waals surface area contributed by atoms with Gasteiger partial charge in [0.1, 0.15) is 5.75 Å². The van der Waals surface area contributed by atoms with E-state index in [0.29, 0.717) is 24.4 Å². The monoisotopic (exact) mass is 299 g/mol. The number of β-amino-alcohol motifs (C(OH)–C–C–N with tert-alkyl or cyclic N) is 1. The Balaban J connectivity index is 2.13. The van der Waals surface area contributed by atoms with Crippen LogP contribution in [0, 0.1) is 0 Å². The van der Waals surface area contributed by atoms with Gasteiger partial charge in [0.15, 0.2) is 0 Å². The predicted octanol–water partition coefficient (Wildman–Crippen LogP) is 1.66. The molecule has 0 aliphatic carbocycles. The van der Waals surface area contributed by atoms with Crippen LogP contribution < -0.4 is 4.74 Å². The Morgan fingerprint density at radius 3 is 2.65 bits per heavy atom. The van der Waals surface area contributed by atoms with Crippen molar-refractivity contribution in [3.63, 3.8) is 0 Å². The van der Waals surface area contributed by atoms with Crippen LogP contribution in [0.15, 0.2) is 22.7 Å². The van der Waals surface area contributed by atoms with Gasteiger partial charge in [-0.3, -0.25) is 4.79 Å². The summed E-state index contributed by atoms with van der Waals surface area (Å²) >= 11 is 3.34. The second kappa shape index (κ2) is 4.31. The number of amides is 1. The van der Waals surface area contributed by atoms with E-state index in [1.54, 1.807) is 37.1 Å². The number of carbonyl (C=O) groups excluding carboxylic acids is 1. The van der Waals surface area contributed by atoms with E-state index < -0.39 is 5.60 Å². The summed E-state index contributed by atoms with van der Waals surface area (Å²) in [6, 6.07) is 5.20. The third kappa shape index (κ3) is 2.45. The summed E-state index contributed by atoms with van der Waals surface area (Å²) in [4.78, 5) is 13.6. The molecule has 17 heavy (non-hydrogen) atoms. The van der Waals surface area contributed by atoms with E-state index in [2.05, 4.69) is 15.9 Å². The van der Waals surface area contributed by atoms with Crippen molar-refractivity contribution in [1.82, 2.24) is 4.90 Å². The molecule has 1 aromatic carbocycles. The average Bonchev–Trinajstić information content (AvgIpc) is 2.24. The summed E-state index contributed by atoms with van der Waals surface area (Å²) in [6.07, 6.45) is 0. The van der Waals surface area contributed by atoms with Gasteiger partial charge in [-0.1, -0.05) is 0 Å². The van der Waals surface area contributed by atoms with Gasteiger partial charge >= 0.3 is 0 Å². The van der Waals surface area contributed by atoms with Crippen molar-refractivity contribution in [2.24, 2.45) is 0 Å². The minimum atomic E-state index is -0.737. The number of methoxy groups -OCH3 is 1. The fourth-order valence-electron chi connectivity index (χ4n) is 1.90. The van der Waals surface area contributed by atoms with Crippen LogP contribution in [0.2, 0.25) is 0 Å². The van der Waals surface area contributed by atoms with Crippen molar-refractivity contribution >= 4 is 21.8 Å². The Bertz CT molecular complexity index is 451. The average molecular weight is 300 g/mol. The third-order valence-corrected chi connectivity index (χ3v) is 3.37. The first kappa shape index (κ1) is 12.4. The van der Waals surface area contributed by atoms with Gasteiger partial charge in [0.05, 0.1) is 30.3 Å². The number of hydrogen-bond donors (Lipinski definition) is 1. The first-order valence-electron chi connectivity index (χ1n) is 5.28. The van der Waals surface area contributed by atoms with Crippen LogP contribution in [0.3, 0.4) is 0 Å². The number of likely N-dealkylation sites (tertiary alicyclic amines) is 1. The van der Waals surface area contributed by atoms with Crippen molar-refractivity contribution in [3.05, 3.63) is 28.2 Å². The molecule has 5 heteroatoms. The number of rotatable bonds is 2. The summed E-state index contributed by atoms with van der Waals surface area (Å²) in [5.41, 5.74) is -0.146. The molecular weight excluding hydrogens is 286 g/mol. The Labute approximate surface area is 108 Å². The zero-order chi connectivity index (χ0) is 12.6. The lowest BCUT2D eigenvalue weighted by Gasteiger charge is -2.44. The van der Waals surface area contributed by atoms with Gasteiger partial charge < -0.3 is 14.7 Å². The summed E-state index contributed by atoms with van der Waals surface area (Å²) in [6.45, 7) is 2.49. The summed E-state index contributed by atoms with van der Waals surface area (Å²) in [5, 5.41) is 9.59. The Hall–Kier alpha value is -1.07. The van der Waals surface area contributed by atoms with Gasteiger partial charge in [-0.15, -0.1) is 0 Å². The molecule has 0 spiro atoms. The van der Waals surface area contributed by atoms with Crippen molar-refractivity contribution in [3.8, 4) is 5.75 Å². The standard InChI is InChI=1S/C12H14BrNO3/c1-12(16)6-14(7-12)11(15)8-3-4-10(17-2)9(13)5-8/h3-5,16H,6-7H2,1-2H3. The highest BCUT2D eigenvalue weighted by atomic mass is 79.9. The molecule has 1 fully saturated rings. The van der Waals surface area contributed by atoms with Crippen LogP contribution in [0.4, 0.5) is 0 Å². The molecule has 0 atom stereocenters. The molecule has 0 bridgehead atoms. The molecule has 2 rings (SSSR count). The Kier molecular flexibility index (Phi) is 3.14. The quantitative estimate of drug-likeness (QED) is 0.904. The molecule has 0 unspecified atom stereocenters. The summed E-state index contributed by atoms with van der Waals surface area (Å²) in [7, 11) is 1.58. The van der Waals surface area contributed by atoms with Gasteiger partial charge in [0, 0.05) is 5.56 Å². The topological polar surface area (TPSA) is 49.8 Å². The number of halogens is 1. The van der Waals surface area contributed by atoms with Gasteiger partial charge in [0.2, 0.25) is 0 Å². The molecule has 0 saturated carbocycles. The SMILES string of the molecule is COc1ccc(C(=O)N2CC(C)(O)C2)cc1Br. The maximum absolute atomic E-state index is 12.0. The van der Waals surface area contributed by atoms with Gasteiger partial charge in [0.25, 0.3) is 5.91 Å². The van der Waals surface area contributed by atoms with Crippen LogP contribution in [0.1, 0.15) is 17.3 Å². The Morgan fingerprint density at radius 2 is 2.18 bits per heavy atom. The molecular formula is C12H14BrNO3. The van der Waals surface area contributed by atoms with E-state index in [1.807, 2.05) is 0 Å². The maximum atomic E-state index is 12.0. The second-order valence-corrected chi connectivity index (χ2v) is 5.36. The molecule has 0 radical (unpaired) electrons. The highest BCUT2D eigenvalue weighted by Gasteiger charge is 2.39. The lowest BCUT2D eigenvalue weighted by molar-refractivity contribution is -0.0668. The molecule has 1 aliphatic rings. The molecule has 4 nitrogen and oxygen atoms in total. The van der Waals surface area contributed by atoms with E-state index in [-0.39, 0.29) is 5.91 Å². The number of ether oxygens (including phenoxy) is 1. The smallest absolute Gasteiger partial charge is 0.254 e. The number of nitrogens with zero attached hydrogens (tertiary/aromatic N) is 1. The molecule has 0 aromatic heterocycles. The van der Waals surface area contributed by atoms with Crippen molar-refractivity contribution < 1.29 is 14.6 Å². The van der Waals surface area contributed by atoms with Gasteiger partial charge in [-0.2, -0.15) is 0 Å².